The van der Waals surface area contributed by atoms with Crippen molar-refractivity contribution in [1.29, 1.82) is 0 Å². The summed E-state index contributed by atoms with van der Waals surface area (Å²) in [6, 6.07) is 13.3. The van der Waals surface area contributed by atoms with E-state index in [9.17, 15) is 23.6 Å². The highest BCUT2D eigenvalue weighted by atomic mass is 32.2. The fourth-order valence-electron chi connectivity index (χ4n) is 3.44. The summed E-state index contributed by atoms with van der Waals surface area (Å²) < 4.78 is 20.2. The molecule has 0 aliphatic heterocycles. The Kier molecular flexibility index (Phi) is 7.93. The minimum absolute atomic E-state index is 0.0448. The van der Waals surface area contributed by atoms with Crippen LogP contribution in [0.25, 0.3) is 5.69 Å². The van der Waals surface area contributed by atoms with Crippen molar-refractivity contribution in [1.82, 2.24) is 24.7 Å². The second-order valence-corrected chi connectivity index (χ2v) is 8.55. The lowest BCUT2D eigenvalue weighted by Gasteiger charge is -2.12. The zero-order chi connectivity index (χ0) is 26.4. The van der Waals surface area contributed by atoms with Gasteiger partial charge in [0.2, 0.25) is 5.91 Å². The number of ether oxygens (including phenoxy) is 1. The van der Waals surface area contributed by atoms with Gasteiger partial charge in [0, 0.05) is 23.9 Å². The number of aromatic nitrogens is 5. The van der Waals surface area contributed by atoms with Crippen molar-refractivity contribution < 1.29 is 18.7 Å². The molecule has 2 aromatic carbocycles. The molecule has 0 aliphatic rings. The number of anilines is 1. The summed E-state index contributed by atoms with van der Waals surface area (Å²) >= 11 is 1.06. The number of para-hydroxylation sites is 1. The third kappa shape index (κ3) is 6.38. The van der Waals surface area contributed by atoms with Gasteiger partial charge in [-0.3, -0.25) is 19.1 Å². The predicted octanol–water partition coefficient (Wildman–Crippen LogP) is 2.28. The lowest BCUT2D eigenvalue weighted by Crippen LogP contribution is -2.23. The normalized spacial score (nSPS) is 10.8. The van der Waals surface area contributed by atoms with E-state index < -0.39 is 28.9 Å². The van der Waals surface area contributed by atoms with E-state index in [1.54, 1.807) is 35.8 Å². The average Bonchev–Trinajstić information content (AvgIpc) is 3.25. The van der Waals surface area contributed by atoms with Gasteiger partial charge in [0.05, 0.1) is 23.6 Å². The maximum absolute atomic E-state index is 13.6. The van der Waals surface area contributed by atoms with Gasteiger partial charge >= 0.3 is 11.7 Å². The standard InChI is InChI=1S/C24H21FN6O5S/c1-2-36-22(34)17-5-3-4-6-18(17)27-21(33)13-37-24-30-29-19(11-15-12-20(32)28-23(35)26-15)31(24)16-9-7-14(25)8-10-16/h3-10,12H,2,11,13H2,1H3,(H,27,33)(H2,26,28,32,35). The Morgan fingerprint density at radius 1 is 1.08 bits per heavy atom. The summed E-state index contributed by atoms with van der Waals surface area (Å²) in [6.45, 7) is 1.89. The monoisotopic (exact) mass is 524 g/mol. The van der Waals surface area contributed by atoms with E-state index >= 15 is 0 Å². The van der Waals surface area contributed by atoms with Gasteiger partial charge in [0.1, 0.15) is 11.6 Å². The number of benzene rings is 2. The molecule has 0 fully saturated rings. The van der Waals surface area contributed by atoms with Crippen LogP contribution in [-0.4, -0.2) is 49.0 Å². The largest absolute Gasteiger partial charge is 0.462 e. The molecule has 0 radical (unpaired) electrons. The van der Waals surface area contributed by atoms with E-state index in [-0.39, 0.29) is 24.3 Å². The van der Waals surface area contributed by atoms with Crippen LogP contribution < -0.4 is 16.6 Å². The average molecular weight is 525 g/mol. The second-order valence-electron chi connectivity index (χ2n) is 7.60. The number of H-pyrrole nitrogens is 2. The Hall–Kier alpha value is -4.52. The van der Waals surface area contributed by atoms with Gasteiger partial charge in [0.25, 0.3) is 5.56 Å². The first-order valence-electron chi connectivity index (χ1n) is 11.1. The van der Waals surface area contributed by atoms with E-state index in [0.717, 1.165) is 11.8 Å². The third-order valence-corrected chi connectivity index (χ3v) is 5.91. The minimum atomic E-state index is -0.662. The SMILES string of the molecule is CCOC(=O)c1ccccc1NC(=O)CSc1nnc(Cc2cc(=O)[nH]c(=O)[nH]2)n1-c1ccc(F)cc1. The molecule has 37 heavy (non-hydrogen) atoms. The highest BCUT2D eigenvalue weighted by Gasteiger charge is 2.19. The zero-order valence-corrected chi connectivity index (χ0v) is 20.3. The highest BCUT2D eigenvalue weighted by Crippen LogP contribution is 2.24. The zero-order valence-electron chi connectivity index (χ0n) is 19.5. The summed E-state index contributed by atoms with van der Waals surface area (Å²) in [5, 5.41) is 11.3. The molecule has 0 atom stereocenters. The maximum Gasteiger partial charge on any atom is 0.340 e. The molecule has 0 spiro atoms. The Labute approximate surface area is 213 Å². The molecule has 190 valence electrons. The van der Waals surface area contributed by atoms with Crippen LogP contribution in [0.5, 0.6) is 0 Å². The highest BCUT2D eigenvalue weighted by molar-refractivity contribution is 7.99. The van der Waals surface area contributed by atoms with E-state index in [1.807, 2.05) is 0 Å². The maximum atomic E-state index is 13.6. The van der Waals surface area contributed by atoms with Crippen LogP contribution in [0.4, 0.5) is 10.1 Å². The van der Waals surface area contributed by atoms with Crippen LogP contribution >= 0.6 is 11.8 Å². The molecule has 0 saturated heterocycles. The Morgan fingerprint density at radius 2 is 1.84 bits per heavy atom. The summed E-state index contributed by atoms with van der Waals surface area (Å²) in [6.07, 6.45) is 0.0448. The quantitative estimate of drug-likeness (QED) is 0.223. The predicted molar refractivity (Wildman–Crippen MR) is 134 cm³/mol. The molecule has 11 nitrogen and oxygen atoms in total. The number of amides is 1. The Bertz CT molecular complexity index is 1520. The fraction of sp³-hybridized carbons (Fsp3) is 0.167. The number of rotatable bonds is 9. The van der Waals surface area contributed by atoms with Crippen LogP contribution in [0.1, 0.15) is 28.8 Å². The fourth-order valence-corrected chi connectivity index (χ4v) is 4.21. The molecule has 0 unspecified atom stereocenters. The molecular formula is C24H21FN6O5S. The molecule has 4 aromatic rings. The van der Waals surface area contributed by atoms with Crippen LogP contribution in [-0.2, 0) is 16.0 Å². The van der Waals surface area contributed by atoms with Gasteiger partial charge < -0.3 is 15.0 Å². The lowest BCUT2D eigenvalue weighted by atomic mass is 10.2. The number of esters is 1. The minimum Gasteiger partial charge on any atom is -0.462 e. The summed E-state index contributed by atoms with van der Waals surface area (Å²) in [7, 11) is 0. The van der Waals surface area contributed by atoms with E-state index in [1.165, 1.54) is 30.3 Å². The molecule has 4 rings (SSSR count). The lowest BCUT2D eigenvalue weighted by molar-refractivity contribution is -0.113. The molecule has 0 saturated carbocycles. The number of carbonyl (C=O) groups excluding carboxylic acids is 2. The van der Waals surface area contributed by atoms with Crippen molar-refractivity contribution in [3.63, 3.8) is 0 Å². The van der Waals surface area contributed by atoms with Crippen molar-refractivity contribution in [2.45, 2.75) is 18.5 Å². The summed E-state index contributed by atoms with van der Waals surface area (Å²) in [4.78, 5) is 52.9. The van der Waals surface area contributed by atoms with Crippen LogP contribution in [0.2, 0.25) is 0 Å². The van der Waals surface area contributed by atoms with Crippen molar-refractivity contribution in [3.8, 4) is 5.69 Å². The number of thioether (sulfide) groups is 1. The van der Waals surface area contributed by atoms with Crippen molar-refractivity contribution in [2.24, 2.45) is 0 Å². The van der Waals surface area contributed by atoms with E-state index in [4.69, 9.17) is 4.74 Å². The van der Waals surface area contributed by atoms with E-state index in [2.05, 4.69) is 25.5 Å². The number of nitrogens with zero attached hydrogens (tertiary/aromatic N) is 3. The number of hydrogen-bond acceptors (Lipinski definition) is 8. The molecule has 2 aromatic heterocycles. The van der Waals surface area contributed by atoms with Gasteiger partial charge in [0.15, 0.2) is 5.16 Å². The molecule has 13 heteroatoms. The smallest absolute Gasteiger partial charge is 0.340 e. The molecule has 0 bridgehead atoms. The molecule has 3 N–H and O–H groups in total. The molecule has 1 amide bonds. The van der Waals surface area contributed by atoms with Gasteiger partial charge in [-0.2, -0.15) is 0 Å². The number of carbonyl (C=O) groups is 2. The first kappa shape index (κ1) is 25.6. The van der Waals surface area contributed by atoms with Crippen LogP contribution in [0.3, 0.4) is 0 Å². The Balaban J connectivity index is 1.57. The topological polar surface area (TPSA) is 152 Å². The van der Waals surface area contributed by atoms with Crippen molar-refractivity contribution >= 4 is 29.3 Å². The van der Waals surface area contributed by atoms with Gasteiger partial charge in [-0.25, -0.2) is 14.0 Å². The third-order valence-electron chi connectivity index (χ3n) is 4.98. The van der Waals surface area contributed by atoms with Crippen molar-refractivity contribution in [2.75, 3.05) is 17.7 Å². The first-order chi connectivity index (χ1) is 17.8. The van der Waals surface area contributed by atoms with Gasteiger partial charge in [-0.1, -0.05) is 23.9 Å². The van der Waals surface area contributed by atoms with Gasteiger partial charge in [-0.05, 0) is 43.3 Å². The number of halogens is 1. The number of nitrogens with one attached hydrogen (secondary N) is 3. The van der Waals surface area contributed by atoms with E-state index in [0.29, 0.717) is 28.0 Å². The van der Waals surface area contributed by atoms with Crippen LogP contribution in [0.15, 0.2) is 69.3 Å². The molecule has 2 heterocycles. The first-order valence-corrected chi connectivity index (χ1v) is 12.0. The summed E-state index contributed by atoms with van der Waals surface area (Å²) in [5.74, 6) is -1.13. The van der Waals surface area contributed by atoms with Crippen molar-refractivity contribution in [3.05, 3.63) is 98.3 Å². The number of aromatic amines is 2. The van der Waals surface area contributed by atoms with Crippen LogP contribution in [0, 0.1) is 5.82 Å². The summed E-state index contributed by atoms with van der Waals surface area (Å²) in [5.41, 5.74) is 0.126. The molecule has 0 aliphatic carbocycles. The molecular weight excluding hydrogens is 503 g/mol. The van der Waals surface area contributed by atoms with Gasteiger partial charge in [-0.15, -0.1) is 10.2 Å². The Morgan fingerprint density at radius 3 is 2.57 bits per heavy atom. The number of hydrogen-bond donors (Lipinski definition) is 3. The second kappa shape index (κ2) is 11.5.